The van der Waals surface area contributed by atoms with Gasteiger partial charge in [-0.1, -0.05) is 103 Å². The monoisotopic (exact) mass is 652 g/mol. The molecule has 13 heteroatoms. The summed E-state index contributed by atoms with van der Waals surface area (Å²) in [4.78, 5) is 0. The van der Waals surface area contributed by atoms with Crippen molar-refractivity contribution in [2.75, 3.05) is 19.8 Å². The number of unbranched alkanes of at least 4 members (excludes halogenated alkanes) is 15. The third-order valence-electron chi connectivity index (χ3n) is 8.59. The largest absolute Gasteiger partial charge is 0.394 e. The minimum absolute atomic E-state index is 0.229. The molecule has 2 rings (SSSR count). The molecule has 2 aliphatic heterocycles. The molecule has 44 heavy (non-hydrogen) atoms. The van der Waals surface area contributed by atoms with Crippen molar-refractivity contribution >= 4 is 17.3 Å². The lowest BCUT2D eigenvalue weighted by Crippen LogP contribution is -2.67. The average Bonchev–Trinajstić information content (AvgIpc) is 3.02. The van der Waals surface area contributed by atoms with Crippen molar-refractivity contribution in [2.45, 2.75) is 171 Å². The second kappa shape index (κ2) is 22.8. The maximum atomic E-state index is 10.7. The van der Waals surface area contributed by atoms with Crippen molar-refractivity contribution in [2.24, 2.45) is 0 Å². The molecule has 0 amide bonds. The van der Waals surface area contributed by atoms with Crippen LogP contribution in [0.2, 0.25) is 0 Å². The number of nitrogens with one attached hydrogen (secondary N) is 2. The number of hydrogen-bond donors (Lipinski definition) is 9. The van der Waals surface area contributed by atoms with Gasteiger partial charge >= 0.3 is 0 Å². The Labute approximate surface area is 268 Å². The summed E-state index contributed by atoms with van der Waals surface area (Å²) >= 11 is 5.32. The predicted octanol–water partition coefficient (Wildman–Crippen LogP) is 1.34. The summed E-state index contributed by atoms with van der Waals surface area (Å²) in [6, 6.07) is 0. The van der Waals surface area contributed by atoms with Gasteiger partial charge in [-0.15, -0.1) is 0 Å². The summed E-state index contributed by atoms with van der Waals surface area (Å²) in [7, 11) is 0. The van der Waals surface area contributed by atoms with E-state index in [4.69, 9.17) is 26.4 Å². The van der Waals surface area contributed by atoms with Gasteiger partial charge < -0.3 is 60.6 Å². The van der Waals surface area contributed by atoms with Crippen molar-refractivity contribution in [3.05, 3.63) is 0 Å². The van der Waals surface area contributed by atoms with Crippen LogP contribution in [0.25, 0.3) is 0 Å². The fourth-order valence-corrected chi connectivity index (χ4v) is 5.98. The van der Waals surface area contributed by atoms with Crippen LogP contribution >= 0.6 is 12.2 Å². The summed E-state index contributed by atoms with van der Waals surface area (Å²) in [6.45, 7) is 1.63. The molecule has 260 valence electrons. The normalized spacial score (nSPS) is 32.5. The summed E-state index contributed by atoms with van der Waals surface area (Å²) in [5.74, 6) is 0. The second-order valence-corrected chi connectivity index (χ2v) is 12.7. The molecule has 12 nitrogen and oxygen atoms in total. The summed E-state index contributed by atoms with van der Waals surface area (Å²) < 4.78 is 16.6. The Morgan fingerprint density at radius 2 is 1.11 bits per heavy atom. The third-order valence-corrected chi connectivity index (χ3v) is 8.86. The van der Waals surface area contributed by atoms with Gasteiger partial charge in [0.25, 0.3) is 0 Å². The third kappa shape index (κ3) is 13.6. The zero-order valence-corrected chi connectivity index (χ0v) is 27.3. The van der Waals surface area contributed by atoms with Crippen LogP contribution in [0.15, 0.2) is 0 Å². The van der Waals surface area contributed by atoms with Crippen LogP contribution in [0.5, 0.6) is 0 Å². The van der Waals surface area contributed by atoms with Gasteiger partial charge in [0, 0.05) is 6.54 Å². The van der Waals surface area contributed by atoms with Crippen LogP contribution in [0.4, 0.5) is 0 Å². The van der Waals surface area contributed by atoms with E-state index in [0.29, 0.717) is 6.54 Å². The van der Waals surface area contributed by atoms with E-state index >= 15 is 0 Å². The SMILES string of the molecule is CCCCCCCCCCCCCCCCCCNC(=S)N[C@@H]1O[C@H](CO)[C@@H](O[C@@H]2O[C@H](CO)[C@H](O)[C@H](O)[C@H]2O)[C@H](O)[C@H]1O. The Kier molecular flexibility index (Phi) is 20.4. The van der Waals surface area contributed by atoms with Gasteiger partial charge in [0.1, 0.15) is 48.8 Å². The fourth-order valence-electron chi connectivity index (χ4n) is 5.76. The molecule has 0 aromatic rings. The zero-order valence-electron chi connectivity index (χ0n) is 26.5. The van der Waals surface area contributed by atoms with Gasteiger partial charge in [0.15, 0.2) is 17.6 Å². The minimum Gasteiger partial charge on any atom is -0.394 e. The van der Waals surface area contributed by atoms with E-state index in [1.54, 1.807) is 0 Å². The Bertz CT molecular complexity index is 752. The standard InChI is InChI=1S/C31H60N2O10S/c1-2-3-4-5-6-7-8-9-10-11-12-13-14-15-16-17-18-32-31(44)33-29-26(39)25(38)28(22(20-35)41-29)43-30-27(40)24(37)23(36)21(19-34)42-30/h21-30,34-40H,2-20H2,1H3,(H2,32,33,44)/t21-,22-,23+,24+,25-,26-,27-,28-,29-,30+/m1/s1. The highest BCUT2D eigenvalue weighted by Crippen LogP contribution is 2.28. The number of aliphatic hydroxyl groups is 7. The molecule has 0 bridgehead atoms. The van der Waals surface area contributed by atoms with Gasteiger partial charge in [0.2, 0.25) is 0 Å². The quantitative estimate of drug-likeness (QED) is 0.0602. The Morgan fingerprint density at radius 3 is 1.61 bits per heavy atom. The lowest BCUT2D eigenvalue weighted by molar-refractivity contribution is -0.342. The van der Waals surface area contributed by atoms with E-state index in [-0.39, 0.29) is 5.11 Å². The molecule has 9 N–H and O–H groups in total. The topological polar surface area (TPSA) is 193 Å². The molecule has 0 aliphatic carbocycles. The van der Waals surface area contributed by atoms with Gasteiger partial charge in [-0.25, -0.2) is 0 Å². The number of thiocarbonyl (C=S) groups is 1. The maximum Gasteiger partial charge on any atom is 0.187 e. The lowest BCUT2D eigenvalue weighted by atomic mass is 9.96. The number of aliphatic hydroxyl groups excluding tert-OH is 7. The first-order chi connectivity index (χ1) is 21.2. The molecular weight excluding hydrogens is 592 g/mol. The lowest BCUT2D eigenvalue weighted by Gasteiger charge is -2.46. The first-order valence-electron chi connectivity index (χ1n) is 16.9. The van der Waals surface area contributed by atoms with E-state index in [1.807, 2.05) is 0 Å². The van der Waals surface area contributed by atoms with Crippen molar-refractivity contribution in [1.29, 1.82) is 0 Å². The summed E-state index contributed by atoms with van der Waals surface area (Å²) in [6.07, 6.45) is 6.16. The molecule has 0 aromatic carbocycles. The molecule has 0 aromatic heterocycles. The van der Waals surface area contributed by atoms with Crippen molar-refractivity contribution in [3.63, 3.8) is 0 Å². The van der Waals surface area contributed by atoms with Crippen molar-refractivity contribution in [1.82, 2.24) is 10.6 Å². The number of hydrogen-bond acceptors (Lipinski definition) is 11. The first kappa shape index (κ1) is 39.5. The van der Waals surface area contributed by atoms with Crippen molar-refractivity contribution < 1.29 is 50.0 Å². The van der Waals surface area contributed by atoms with E-state index in [2.05, 4.69) is 17.6 Å². The summed E-state index contributed by atoms with van der Waals surface area (Å²) in [5, 5.41) is 77.0. The van der Waals surface area contributed by atoms with Crippen molar-refractivity contribution in [3.8, 4) is 0 Å². The smallest absolute Gasteiger partial charge is 0.187 e. The van der Waals surface area contributed by atoms with Crippen LogP contribution < -0.4 is 10.6 Å². The van der Waals surface area contributed by atoms with Crippen LogP contribution in [0.1, 0.15) is 110 Å². The predicted molar refractivity (Wildman–Crippen MR) is 170 cm³/mol. The second-order valence-electron chi connectivity index (χ2n) is 12.3. The van der Waals surface area contributed by atoms with Gasteiger partial charge in [0.05, 0.1) is 13.2 Å². The van der Waals surface area contributed by atoms with Crippen LogP contribution in [-0.2, 0) is 14.2 Å². The highest BCUT2D eigenvalue weighted by molar-refractivity contribution is 7.80. The first-order valence-corrected chi connectivity index (χ1v) is 17.3. The molecule has 0 spiro atoms. The van der Waals surface area contributed by atoms with Crippen LogP contribution in [0, 0.1) is 0 Å². The molecular formula is C31H60N2O10S. The Hall–Kier alpha value is -0.710. The molecule has 0 unspecified atom stereocenters. The van der Waals surface area contributed by atoms with E-state index in [1.165, 1.54) is 89.9 Å². The Balaban J connectivity index is 1.57. The van der Waals surface area contributed by atoms with Gasteiger partial charge in [-0.3, -0.25) is 0 Å². The fraction of sp³-hybridized carbons (Fsp3) is 0.968. The average molecular weight is 653 g/mol. The summed E-state index contributed by atoms with van der Waals surface area (Å²) in [5.41, 5.74) is 0. The number of rotatable bonds is 22. The van der Waals surface area contributed by atoms with E-state index in [9.17, 15) is 35.7 Å². The number of ether oxygens (including phenoxy) is 3. The molecule has 2 aliphatic rings. The highest BCUT2D eigenvalue weighted by Gasteiger charge is 2.50. The van der Waals surface area contributed by atoms with Crippen LogP contribution in [-0.4, -0.2) is 122 Å². The molecule has 0 radical (unpaired) electrons. The molecule has 10 atom stereocenters. The molecule has 2 saturated heterocycles. The van der Waals surface area contributed by atoms with Gasteiger partial charge in [-0.2, -0.15) is 0 Å². The molecule has 2 heterocycles. The van der Waals surface area contributed by atoms with Crippen LogP contribution in [0.3, 0.4) is 0 Å². The minimum atomic E-state index is -1.71. The zero-order chi connectivity index (χ0) is 32.3. The molecule has 2 fully saturated rings. The van der Waals surface area contributed by atoms with E-state index < -0.39 is 74.6 Å². The molecule has 0 saturated carbocycles. The Morgan fingerprint density at radius 1 is 0.614 bits per heavy atom. The highest BCUT2D eigenvalue weighted by atomic mass is 32.1. The van der Waals surface area contributed by atoms with Gasteiger partial charge in [-0.05, 0) is 18.6 Å². The maximum absolute atomic E-state index is 10.7. The van der Waals surface area contributed by atoms with E-state index in [0.717, 1.165) is 12.8 Å².